The quantitative estimate of drug-likeness (QED) is 0.582. The highest BCUT2D eigenvalue weighted by molar-refractivity contribution is 6.07. The smallest absolute Gasteiger partial charge is 0.322 e. The molecule has 1 saturated heterocycles. The van der Waals surface area contributed by atoms with Crippen LogP contribution >= 0.6 is 0 Å². The van der Waals surface area contributed by atoms with Crippen molar-refractivity contribution in [3.63, 3.8) is 0 Å². The van der Waals surface area contributed by atoms with Gasteiger partial charge in [0.25, 0.3) is 11.8 Å². The van der Waals surface area contributed by atoms with Crippen LogP contribution in [0.3, 0.4) is 0 Å². The van der Waals surface area contributed by atoms with Crippen LogP contribution in [0.15, 0.2) is 30.3 Å². The van der Waals surface area contributed by atoms with Gasteiger partial charge in [0, 0.05) is 6.04 Å². The largest absolute Gasteiger partial charge is 0.344 e. The summed E-state index contributed by atoms with van der Waals surface area (Å²) in [6.45, 7) is 8.50. The van der Waals surface area contributed by atoms with Gasteiger partial charge in [0.1, 0.15) is 5.54 Å². The number of aryl methyl sites for hydroxylation is 1. The van der Waals surface area contributed by atoms with Gasteiger partial charge in [-0.05, 0) is 49.5 Å². The van der Waals surface area contributed by atoms with Gasteiger partial charge in [-0.3, -0.25) is 15.0 Å². The van der Waals surface area contributed by atoms with Crippen molar-refractivity contribution in [2.45, 2.75) is 77.8 Å². The Labute approximate surface area is 185 Å². The number of nitrogens with zero attached hydrogens (tertiary/aromatic N) is 1. The lowest BCUT2D eigenvalue weighted by atomic mass is 9.69. The van der Waals surface area contributed by atoms with E-state index in [1.807, 2.05) is 30.3 Å². The average molecular weight is 429 g/mol. The molecule has 3 rings (SSSR count). The van der Waals surface area contributed by atoms with E-state index in [1.54, 1.807) is 6.92 Å². The number of amides is 4. The lowest BCUT2D eigenvalue weighted by molar-refractivity contribution is -0.138. The van der Waals surface area contributed by atoms with E-state index in [9.17, 15) is 14.4 Å². The molecule has 4 amide bonds. The van der Waals surface area contributed by atoms with Crippen LogP contribution in [0.2, 0.25) is 0 Å². The van der Waals surface area contributed by atoms with Gasteiger partial charge in [0.05, 0.1) is 6.54 Å². The number of carbonyl (C=O) groups is 3. The Kier molecular flexibility index (Phi) is 7.04. The number of carbonyl (C=O) groups excluding carboxylic acids is 3. The van der Waals surface area contributed by atoms with Crippen molar-refractivity contribution < 1.29 is 14.4 Å². The minimum absolute atomic E-state index is 0.0784. The van der Waals surface area contributed by atoms with Crippen LogP contribution in [0.5, 0.6) is 0 Å². The van der Waals surface area contributed by atoms with Crippen LogP contribution in [0, 0.1) is 11.3 Å². The molecule has 1 aromatic carbocycles. The van der Waals surface area contributed by atoms with Crippen LogP contribution in [0.4, 0.5) is 4.79 Å². The van der Waals surface area contributed by atoms with Crippen molar-refractivity contribution in [1.82, 2.24) is 21.1 Å². The predicted octanol–water partition coefficient (Wildman–Crippen LogP) is 3.16. The predicted molar refractivity (Wildman–Crippen MR) is 120 cm³/mol. The summed E-state index contributed by atoms with van der Waals surface area (Å²) in [5.41, 5.74) is 2.72. The number of benzene rings is 1. The molecule has 1 aliphatic carbocycles. The molecule has 1 aliphatic heterocycles. The first-order valence-corrected chi connectivity index (χ1v) is 11.3. The Hall–Kier alpha value is -2.41. The van der Waals surface area contributed by atoms with Crippen LogP contribution < -0.4 is 16.1 Å². The van der Waals surface area contributed by atoms with Gasteiger partial charge in [-0.25, -0.2) is 4.79 Å². The van der Waals surface area contributed by atoms with Crippen LogP contribution in [0.25, 0.3) is 0 Å². The highest BCUT2D eigenvalue weighted by atomic mass is 16.2. The van der Waals surface area contributed by atoms with Gasteiger partial charge < -0.3 is 10.6 Å². The Morgan fingerprint density at radius 1 is 1.16 bits per heavy atom. The van der Waals surface area contributed by atoms with E-state index in [-0.39, 0.29) is 23.9 Å². The average Bonchev–Trinajstić information content (AvgIpc) is 2.94. The first kappa shape index (κ1) is 23.3. The van der Waals surface area contributed by atoms with E-state index in [1.165, 1.54) is 6.42 Å². The van der Waals surface area contributed by atoms with E-state index >= 15 is 0 Å². The van der Waals surface area contributed by atoms with Crippen molar-refractivity contribution in [3.8, 4) is 0 Å². The zero-order chi connectivity index (χ0) is 22.6. The normalized spacial score (nSPS) is 26.6. The Morgan fingerprint density at radius 2 is 1.84 bits per heavy atom. The zero-order valence-electron chi connectivity index (χ0n) is 19.2. The highest BCUT2D eigenvalue weighted by Crippen LogP contribution is 2.37. The van der Waals surface area contributed by atoms with Crippen molar-refractivity contribution in [2.75, 3.05) is 6.54 Å². The van der Waals surface area contributed by atoms with Crippen LogP contribution in [0.1, 0.15) is 65.4 Å². The minimum Gasteiger partial charge on any atom is -0.322 e. The molecule has 2 fully saturated rings. The van der Waals surface area contributed by atoms with Gasteiger partial charge >= 0.3 is 6.03 Å². The third-order valence-corrected chi connectivity index (χ3v) is 6.66. The molecule has 7 nitrogen and oxygen atoms in total. The zero-order valence-corrected chi connectivity index (χ0v) is 19.2. The molecule has 3 unspecified atom stereocenters. The first-order chi connectivity index (χ1) is 14.6. The topological polar surface area (TPSA) is 90.5 Å². The molecule has 7 heteroatoms. The third-order valence-electron chi connectivity index (χ3n) is 6.66. The van der Waals surface area contributed by atoms with Gasteiger partial charge in [0.15, 0.2) is 0 Å². The SMILES string of the molecule is CC1(CCc2ccccc2)NC(=O)N(NC(=O)CNC2CCCCC2C(C)(C)C)C1=O. The minimum atomic E-state index is -1.03. The summed E-state index contributed by atoms with van der Waals surface area (Å²) in [6.07, 6.45) is 5.67. The molecule has 3 N–H and O–H groups in total. The number of nitrogens with one attached hydrogen (secondary N) is 3. The monoisotopic (exact) mass is 428 g/mol. The summed E-state index contributed by atoms with van der Waals surface area (Å²) in [7, 11) is 0. The number of hydrogen-bond donors (Lipinski definition) is 3. The van der Waals surface area contributed by atoms with E-state index < -0.39 is 17.5 Å². The number of hydrogen-bond acceptors (Lipinski definition) is 4. The molecular weight excluding hydrogens is 392 g/mol. The van der Waals surface area contributed by atoms with E-state index in [0.29, 0.717) is 18.8 Å². The van der Waals surface area contributed by atoms with E-state index in [2.05, 4.69) is 36.8 Å². The highest BCUT2D eigenvalue weighted by Gasteiger charge is 2.48. The van der Waals surface area contributed by atoms with Crippen molar-refractivity contribution in [1.29, 1.82) is 0 Å². The van der Waals surface area contributed by atoms with Gasteiger partial charge in [-0.15, -0.1) is 0 Å². The van der Waals surface area contributed by atoms with Gasteiger partial charge in [0.2, 0.25) is 0 Å². The standard InChI is InChI=1S/C24H36N4O3/c1-23(2,3)18-12-8-9-13-19(18)25-16-20(29)27-28-21(30)24(4,26-22(28)31)15-14-17-10-6-5-7-11-17/h5-7,10-11,18-19,25H,8-9,12-16H2,1-4H3,(H,26,31)(H,27,29). The van der Waals surface area contributed by atoms with Crippen molar-refractivity contribution >= 4 is 17.8 Å². The number of rotatable bonds is 7. The molecular formula is C24H36N4O3. The second-order valence-corrected chi connectivity index (χ2v) is 10.2. The molecule has 0 spiro atoms. The molecule has 31 heavy (non-hydrogen) atoms. The molecule has 2 aliphatic rings. The fourth-order valence-electron chi connectivity index (χ4n) is 4.79. The lowest BCUT2D eigenvalue weighted by Crippen LogP contribution is -2.53. The van der Waals surface area contributed by atoms with Crippen LogP contribution in [-0.4, -0.2) is 41.0 Å². The Morgan fingerprint density at radius 3 is 2.52 bits per heavy atom. The molecule has 0 aromatic heterocycles. The Bertz CT molecular complexity index is 805. The molecule has 170 valence electrons. The molecule has 1 heterocycles. The summed E-state index contributed by atoms with van der Waals surface area (Å²) in [4.78, 5) is 37.8. The summed E-state index contributed by atoms with van der Waals surface area (Å²) in [5, 5.41) is 6.94. The fourth-order valence-corrected chi connectivity index (χ4v) is 4.79. The van der Waals surface area contributed by atoms with Crippen LogP contribution in [-0.2, 0) is 16.0 Å². The second kappa shape index (κ2) is 9.39. The van der Waals surface area contributed by atoms with Crippen molar-refractivity contribution in [3.05, 3.63) is 35.9 Å². The van der Waals surface area contributed by atoms with E-state index in [0.717, 1.165) is 29.8 Å². The molecule has 0 bridgehead atoms. The first-order valence-electron chi connectivity index (χ1n) is 11.3. The third kappa shape index (κ3) is 5.64. The van der Waals surface area contributed by atoms with Gasteiger partial charge in [-0.1, -0.05) is 63.9 Å². The number of imide groups is 1. The summed E-state index contributed by atoms with van der Waals surface area (Å²) >= 11 is 0. The maximum Gasteiger partial charge on any atom is 0.344 e. The Balaban J connectivity index is 1.53. The molecule has 3 atom stereocenters. The molecule has 1 aromatic rings. The maximum absolute atomic E-state index is 12.9. The molecule has 1 saturated carbocycles. The fraction of sp³-hybridized carbons (Fsp3) is 0.625. The second-order valence-electron chi connectivity index (χ2n) is 10.2. The lowest BCUT2D eigenvalue weighted by Gasteiger charge is -2.41. The summed E-state index contributed by atoms with van der Waals surface area (Å²) in [6, 6.07) is 9.50. The maximum atomic E-state index is 12.9. The molecule has 0 radical (unpaired) electrons. The van der Waals surface area contributed by atoms with Crippen molar-refractivity contribution in [2.24, 2.45) is 11.3 Å². The number of hydrazine groups is 1. The number of urea groups is 1. The summed E-state index contributed by atoms with van der Waals surface area (Å²) in [5.74, 6) is -0.312. The summed E-state index contributed by atoms with van der Waals surface area (Å²) < 4.78 is 0. The van der Waals surface area contributed by atoms with Gasteiger partial charge in [-0.2, -0.15) is 5.01 Å². The van der Waals surface area contributed by atoms with E-state index in [4.69, 9.17) is 0 Å².